The van der Waals surface area contributed by atoms with Gasteiger partial charge in [0.15, 0.2) is 0 Å². The molecule has 0 unspecified atom stereocenters. The number of hydrogen-bond acceptors (Lipinski definition) is 7. The highest BCUT2D eigenvalue weighted by Crippen LogP contribution is 2.33. The minimum atomic E-state index is -0.682. The first-order chi connectivity index (χ1) is 15.4. The second kappa shape index (κ2) is 10.2. The first-order valence-corrected chi connectivity index (χ1v) is 10.5. The van der Waals surface area contributed by atoms with Crippen molar-refractivity contribution in [1.29, 1.82) is 0 Å². The molecule has 3 amide bonds. The Morgan fingerprint density at radius 1 is 1.16 bits per heavy atom. The molecule has 172 valence electrons. The van der Waals surface area contributed by atoms with Gasteiger partial charge in [-0.1, -0.05) is 19.1 Å². The number of carbonyl (C=O) groups is 4. The van der Waals surface area contributed by atoms with E-state index in [2.05, 4.69) is 10.6 Å². The van der Waals surface area contributed by atoms with Crippen LogP contribution in [0.1, 0.15) is 26.7 Å². The van der Waals surface area contributed by atoms with E-state index in [0.717, 1.165) is 0 Å². The molecule has 1 saturated heterocycles. The number of anilines is 1. The van der Waals surface area contributed by atoms with E-state index >= 15 is 0 Å². The molecule has 2 aliphatic heterocycles. The van der Waals surface area contributed by atoms with Crippen LogP contribution >= 0.6 is 0 Å². The predicted molar refractivity (Wildman–Crippen MR) is 114 cm³/mol. The zero-order valence-corrected chi connectivity index (χ0v) is 18.3. The number of methoxy groups -OCH3 is 1. The number of benzene rings is 1. The Bertz CT molecular complexity index is 943. The zero-order chi connectivity index (χ0) is 23.3. The lowest BCUT2D eigenvalue weighted by molar-refractivity contribution is -0.147. The number of esters is 2. The molecule has 0 saturated carbocycles. The third-order valence-corrected chi connectivity index (χ3v) is 5.34. The Labute approximate surface area is 185 Å². The fourth-order valence-corrected chi connectivity index (χ4v) is 3.79. The number of ether oxygens (including phenoxy) is 3. The summed E-state index contributed by atoms with van der Waals surface area (Å²) in [5.74, 6) is -1.55. The first-order valence-electron chi connectivity index (χ1n) is 10.5. The molecular formula is C22H27N3O7. The van der Waals surface area contributed by atoms with Crippen molar-refractivity contribution in [2.75, 3.05) is 31.8 Å². The second-order valence-electron chi connectivity index (χ2n) is 7.36. The van der Waals surface area contributed by atoms with Crippen LogP contribution in [0.25, 0.3) is 0 Å². The number of rotatable bonds is 8. The Balaban J connectivity index is 1.72. The molecule has 1 aromatic rings. The van der Waals surface area contributed by atoms with Crippen LogP contribution in [0.3, 0.4) is 0 Å². The molecule has 2 aliphatic rings. The number of carbonyl (C=O) groups excluding carboxylic acids is 4. The third-order valence-electron chi connectivity index (χ3n) is 5.34. The van der Waals surface area contributed by atoms with Crippen LogP contribution < -0.4 is 20.3 Å². The number of amides is 3. The van der Waals surface area contributed by atoms with Gasteiger partial charge in [0, 0.05) is 13.0 Å². The van der Waals surface area contributed by atoms with Gasteiger partial charge in [0.1, 0.15) is 12.4 Å². The summed E-state index contributed by atoms with van der Waals surface area (Å²) in [4.78, 5) is 51.1. The maximum atomic E-state index is 12.7. The van der Waals surface area contributed by atoms with Gasteiger partial charge in [-0.3, -0.25) is 9.59 Å². The van der Waals surface area contributed by atoms with E-state index in [1.165, 1.54) is 12.0 Å². The van der Waals surface area contributed by atoms with Gasteiger partial charge in [0.25, 0.3) is 0 Å². The molecule has 32 heavy (non-hydrogen) atoms. The summed E-state index contributed by atoms with van der Waals surface area (Å²) < 4.78 is 15.8. The second-order valence-corrected chi connectivity index (χ2v) is 7.36. The topological polar surface area (TPSA) is 123 Å². The van der Waals surface area contributed by atoms with Gasteiger partial charge >= 0.3 is 18.0 Å². The number of nitrogens with one attached hydrogen (secondary N) is 2. The first kappa shape index (κ1) is 23.1. The van der Waals surface area contributed by atoms with Crippen molar-refractivity contribution in [3.05, 3.63) is 35.5 Å². The minimum Gasteiger partial charge on any atom is -0.495 e. The normalized spacial score (nSPS) is 20.5. The fourth-order valence-electron chi connectivity index (χ4n) is 3.79. The quantitative estimate of drug-likeness (QED) is 0.581. The smallest absolute Gasteiger partial charge is 0.338 e. The van der Waals surface area contributed by atoms with Gasteiger partial charge < -0.3 is 29.7 Å². The van der Waals surface area contributed by atoms with Gasteiger partial charge in [0.05, 0.1) is 42.6 Å². The van der Waals surface area contributed by atoms with Gasteiger partial charge in [-0.15, -0.1) is 0 Å². The molecule has 0 aliphatic carbocycles. The Morgan fingerprint density at radius 2 is 1.91 bits per heavy atom. The van der Waals surface area contributed by atoms with E-state index in [4.69, 9.17) is 14.2 Å². The lowest BCUT2D eigenvalue weighted by Crippen LogP contribution is -2.51. The van der Waals surface area contributed by atoms with Gasteiger partial charge in [-0.25, -0.2) is 9.59 Å². The number of para-hydroxylation sites is 2. The van der Waals surface area contributed by atoms with Crippen molar-refractivity contribution in [3.63, 3.8) is 0 Å². The summed E-state index contributed by atoms with van der Waals surface area (Å²) in [7, 11) is 1.51. The average Bonchev–Trinajstić information content (AvgIpc) is 3.18. The summed E-state index contributed by atoms with van der Waals surface area (Å²) in [6.45, 7) is 3.50. The number of hydrogen-bond donors (Lipinski definition) is 2. The van der Waals surface area contributed by atoms with Crippen molar-refractivity contribution < 1.29 is 33.4 Å². The molecule has 3 rings (SSSR count). The van der Waals surface area contributed by atoms with Gasteiger partial charge in [-0.2, -0.15) is 0 Å². The van der Waals surface area contributed by atoms with E-state index in [9.17, 15) is 19.2 Å². The highest BCUT2D eigenvalue weighted by atomic mass is 16.5. The van der Waals surface area contributed by atoms with Crippen LogP contribution in [0, 0.1) is 5.92 Å². The van der Waals surface area contributed by atoms with E-state index in [0.29, 0.717) is 17.9 Å². The molecule has 0 bridgehead atoms. The van der Waals surface area contributed by atoms with Crippen molar-refractivity contribution in [3.8, 4) is 5.75 Å². The average molecular weight is 445 g/mol. The van der Waals surface area contributed by atoms with Crippen molar-refractivity contribution >= 4 is 29.6 Å². The summed E-state index contributed by atoms with van der Waals surface area (Å²) in [5.41, 5.74) is 0.984. The molecule has 2 heterocycles. The number of urea groups is 1. The van der Waals surface area contributed by atoms with Crippen molar-refractivity contribution in [2.45, 2.75) is 32.7 Å². The minimum absolute atomic E-state index is 0.00778. The third kappa shape index (κ3) is 4.84. The maximum Gasteiger partial charge on any atom is 0.338 e. The van der Waals surface area contributed by atoms with Crippen LogP contribution in [-0.4, -0.2) is 56.8 Å². The standard InChI is InChI=1S/C22H27N3O7/c1-4-14-19(21(28)31-5-2)15(24-22(29)23-14)12-32-20(27)13-10-18(26)25(11-13)16-8-6-7-9-17(16)30-3/h6-9,13-14H,4-5,10-12H2,1-3H3,(H2,23,24,29)/t13-,14-/m1/s1. The Kier molecular flexibility index (Phi) is 7.34. The monoisotopic (exact) mass is 445 g/mol. The molecule has 1 aromatic carbocycles. The van der Waals surface area contributed by atoms with E-state index in [1.54, 1.807) is 31.2 Å². The zero-order valence-electron chi connectivity index (χ0n) is 18.3. The van der Waals surface area contributed by atoms with Crippen LogP contribution in [0.5, 0.6) is 5.75 Å². The fraction of sp³-hybridized carbons (Fsp3) is 0.455. The van der Waals surface area contributed by atoms with Crippen LogP contribution in [0.15, 0.2) is 35.5 Å². The molecule has 1 fully saturated rings. The summed E-state index contributed by atoms with van der Waals surface area (Å²) in [5, 5.41) is 5.19. The lowest BCUT2D eigenvalue weighted by atomic mass is 10.0. The summed E-state index contributed by atoms with van der Waals surface area (Å²) in [6.07, 6.45) is 0.455. The number of nitrogens with zero attached hydrogens (tertiary/aromatic N) is 1. The highest BCUT2D eigenvalue weighted by molar-refractivity contribution is 6.00. The molecule has 0 radical (unpaired) electrons. The Morgan fingerprint density at radius 3 is 2.59 bits per heavy atom. The summed E-state index contributed by atoms with van der Waals surface area (Å²) in [6, 6.07) is 6.02. The van der Waals surface area contributed by atoms with Crippen molar-refractivity contribution in [1.82, 2.24) is 10.6 Å². The molecule has 2 N–H and O–H groups in total. The largest absolute Gasteiger partial charge is 0.495 e. The van der Waals surface area contributed by atoms with Crippen molar-refractivity contribution in [2.24, 2.45) is 5.92 Å². The van der Waals surface area contributed by atoms with Gasteiger partial charge in [-0.05, 0) is 25.5 Å². The lowest BCUT2D eigenvalue weighted by Gasteiger charge is -2.28. The maximum absolute atomic E-state index is 12.7. The molecule has 0 aromatic heterocycles. The molecule has 2 atom stereocenters. The van der Waals surface area contributed by atoms with Gasteiger partial charge in [0.2, 0.25) is 5.91 Å². The molecule has 0 spiro atoms. The van der Waals surface area contributed by atoms with E-state index in [-0.39, 0.29) is 43.4 Å². The molecular weight excluding hydrogens is 418 g/mol. The van der Waals surface area contributed by atoms with Crippen LogP contribution in [0.4, 0.5) is 10.5 Å². The Hall–Kier alpha value is -3.56. The SMILES string of the molecule is CCOC(=O)C1=C(COC(=O)[C@@H]2CC(=O)N(c3ccccc3OC)C2)NC(=O)N[C@@H]1CC. The molecule has 10 nitrogen and oxygen atoms in total. The van der Waals surface area contributed by atoms with E-state index < -0.39 is 29.9 Å². The van der Waals surface area contributed by atoms with E-state index in [1.807, 2.05) is 6.92 Å². The summed E-state index contributed by atoms with van der Waals surface area (Å²) >= 11 is 0. The highest BCUT2D eigenvalue weighted by Gasteiger charge is 2.38. The van der Waals surface area contributed by atoms with Crippen LogP contribution in [0.2, 0.25) is 0 Å². The molecule has 10 heteroatoms. The predicted octanol–water partition coefficient (Wildman–Crippen LogP) is 1.50. The van der Waals surface area contributed by atoms with Crippen LogP contribution in [-0.2, 0) is 23.9 Å².